The maximum absolute atomic E-state index is 11.5. The van der Waals surface area contributed by atoms with Crippen LogP contribution >= 0.6 is 0 Å². The van der Waals surface area contributed by atoms with Crippen molar-refractivity contribution in [3.05, 3.63) is 30.3 Å². The highest BCUT2D eigenvalue weighted by molar-refractivity contribution is 5.91. The van der Waals surface area contributed by atoms with Gasteiger partial charge in [-0.2, -0.15) is 0 Å². The molecule has 1 amide bonds. The lowest BCUT2D eigenvalue weighted by atomic mass is 10.2. The van der Waals surface area contributed by atoms with Gasteiger partial charge in [-0.25, -0.2) is 0 Å². The lowest BCUT2D eigenvalue weighted by Gasteiger charge is -2.06. The van der Waals surface area contributed by atoms with Crippen LogP contribution in [0.2, 0.25) is 0 Å². The second kappa shape index (κ2) is 9.66. The fraction of sp³-hybridized carbons (Fsp3) is 0.533. The highest BCUT2D eigenvalue weighted by Crippen LogP contribution is 2.05. The quantitative estimate of drug-likeness (QED) is 0.679. The molecule has 0 saturated carbocycles. The Bertz CT molecular complexity index is 325. The normalized spacial score (nSPS) is 10.3. The highest BCUT2D eigenvalue weighted by Gasteiger charge is 2.01. The van der Waals surface area contributed by atoms with E-state index in [0.29, 0.717) is 6.61 Å². The van der Waals surface area contributed by atoms with Gasteiger partial charge in [0.2, 0.25) is 5.91 Å². The van der Waals surface area contributed by atoms with Gasteiger partial charge in [0.25, 0.3) is 0 Å². The number of ether oxygens (including phenoxy) is 1. The summed E-state index contributed by atoms with van der Waals surface area (Å²) in [6, 6.07) is 9.43. The van der Waals surface area contributed by atoms with Crippen molar-refractivity contribution in [3.63, 3.8) is 0 Å². The number of carbonyl (C=O) groups excluding carboxylic acids is 1. The first-order valence-corrected chi connectivity index (χ1v) is 6.75. The van der Waals surface area contributed by atoms with Crippen LogP contribution in [0.1, 0.15) is 39.0 Å². The van der Waals surface area contributed by atoms with Gasteiger partial charge in [-0.1, -0.05) is 50.8 Å². The van der Waals surface area contributed by atoms with Crippen molar-refractivity contribution in [3.8, 4) is 0 Å². The van der Waals surface area contributed by atoms with Crippen molar-refractivity contribution < 1.29 is 9.53 Å². The molecule has 0 bridgehead atoms. The summed E-state index contributed by atoms with van der Waals surface area (Å²) in [4.78, 5) is 11.5. The Hall–Kier alpha value is -1.35. The van der Waals surface area contributed by atoms with Gasteiger partial charge >= 0.3 is 0 Å². The maximum atomic E-state index is 11.5. The molecule has 0 saturated heterocycles. The van der Waals surface area contributed by atoms with E-state index in [1.807, 2.05) is 30.3 Å². The molecule has 3 nitrogen and oxygen atoms in total. The summed E-state index contributed by atoms with van der Waals surface area (Å²) in [5.41, 5.74) is 0.814. The van der Waals surface area contributed by atoms with Gasteiger partial charge in [-0.3, -0.25) is 4.79 Å². The maximum Gasteiger partial charge on any atom is 0.250 e. The molecule has 1 rings (SSSR count). The van der Waals surface area contributed by atoms with Crippen molar-refractivity contribution in [1.82, 2.24) is 0 Å². The Kier molecular flexibility index (Phi) is 7.89. The smallest absolute Gasteiger partial charge is 0.250 e. The van der Waals surface area contributed by atoms with Gasteiger partial charge in [0, 0.05) is 12.3 Å². The minimum absolute atomic E-state index is 0.0882. The number of rotatable bonds is 9. The average molecular weight is 249 g/mol. The monoisotopic (exact) mass is 249 g/mol. The van der Waals surface area contributed by atoms with E-state index in [9.17, 15) is 4.79 Å². The molecule has 0 aliphatic carbocycles. The first-order chi connectivity index (χ1) is 8.83. The number of nitrogens with one attached hydrogen (secondary N) is 1. The fourth-order valence-corrected chi connectivity index (χ4v) is 1.69. The van der Waals surface area contributed by atoms with Crippen LogP contribution in [-0.4, -0.2) is 19.1 Å². The van der Waals surface area contributed by atoms with Crippen molar-refractivity contribution in [2.45, 2.75) is 39.0 Å². The van der Waals surface area contributed by atoms with Gasteiger partial charge in [0.15, 0.2) is 0 Å². The number of amides is 1. The van der Waals surface area contributed by atoms with Crippen molar-refractivity contribution in [1.29, 1.82) is 0 Å². The van der Waals surface area contributed by atoms with Crippen molar-refractivity contribution >= 4 is 11.6 Å². The summed E-state index contributed by atoms with van der Waals surface area (Å²) in [7, 11) is 0. The van der Waals surface area contributed by atoms with E-state index in [2.05, 4.69) is 12.2 Å². The molecule has 0 spiro atoms. The van der Waals surface area contributed by atoms with E-state index in [-0.39, 0.29) is 12.5 Å². The number of hydrogen-bond donors (Lipinski definition) is 1. The Morgan fingerprint density at radius 2 is 1.83 bits per heavy atom. The second-order valence-corrected chi connectivity index (χ2v) is 4.38. The van der Waals surface area contributed by atoms with Crippen molar-refractivity contribution in [2.75, 3.05) is 18.5 Å². The lowest BCUT2D eigenvalue weighted by Crippen LogP contribution is -2.18. The first-order valence-electron chi connectivity index (χ1n) is 6.75. The third kappa shape index (κ3) is 7.07. The molecular formula is C15H23NO2. The number of para-hydroxylation sites is 1. The third-order valence-corrected chi connectivity index (χ3v) is 2.68. The molecule has 3 heteroatoms. The Morgan fingerprint density at radius 1 is 1.11 bits per heavy atom. The Labute approximate surface area is 110 Å². The number of carbonyl (C=O) groups is 1. The summed E-state index contributed by atoms with van der Waals surface area (Å²) in [5, 5.41) is 2.79. The molecule has 18 heavy (non-hydrogen) atoms. The van der Waals surface area contributed by atoms with Crippen LogP contribution < -0.4 is 5.32 Å². The molecule has 0 aliphatic rings. The van der Waals surface area contributed by atoms with Gasteiger partial charge < -0.3 is 10.1 Å². The van der Waals surface area contributed by atoms with Crippen molar-refractivity contribution in [2.24, 2.45) is 0 Å². The molecule has 1 aromatic carbocycles. The molecule has 0 unspecified atom stereocenters. The van der Waals surface area contributed by atoms with E-state index in [1.165, 1.54) is 25.7 Å². The van der Waals surface area contributed by atoms with Crippen LogP contribution in [0.15, 0.2) is 30.3 Å². The predicted molar refractivity (Wildman–Crippen MR) is 74.6 cm³/mol. The Balaban J connectivity index is 2.00. The fourth-order valence-electron chi connectivity index (χ4n) is 1.69. The minimum Gasteiger partial charge on any atom is -0.372 e. The van der Waals surface area contributed by atoms with E-state index in [1.54, 1.807) is 0 Å². The minimum atomic E-state index is -0.0882. The van der Waals surface area contributed by atoms with E-state index in [4.69, 9.17) is 4.74 Å². The first kappa shape index (κ1) is 14.7. The summed E-state index contributed by atoms with van der Waals surface area (Å²) in [6.07, 6.45) is 6.03. The average Bonchev–Trinajstić information content (AvgIpc) is 2.39. The zero-order valence-electron chi connectivity index (χ0n) is 11.2. The Morgan fingerprint density at radius 3 is 2.56 bits per heavy atom. The van der Waals surface area contributed by atoms with Crippen LogP contribution in [-0.2, 0) is 9.53 Å². The van der Waals surface area contributed by atoms with Crippen LogP contribution in [0.25, 0.3) is 0 Å². The molecule has 0 radical (unpaired) electrons. The summed E-state index contributed by atoms with van der Waals surface area (Å²) in [6.45, 7) is 3.01. The van der Waals surface area contributed by atoms with Crippen LogP contribution in [0.5, 0.6) is 0 Å². The lowest BCUT2D eigenvalue weighted by molar-refractivity contribution is -0.120. The van der Waals surface area contributed by atoms with E-state index in [0.717, 1.165) is 12.1 Å². The van der Waals surface area contributed by atoms with Crippen LogP contribution in [0, 0.1) is 0 Å². The summed E-state index contributed by atoms with van der Waals surface area (Å²) >= 11 is 0. The molecule has 0 fully saturated rings. The number of benzene rings is 1. The van der Waals surface area contributed by atoms with Crippen LogP contribution in [0.3, 0.4) is 0 Å². The second-order valence-electron chi connectivity index (χ2n) is 4.38. The molecule has 1 N–H and O–H groups in total. The van der Waals surface area contributed by atoms with Gasteiger partial charge in [0.1, 0.15) is 6.61 Å². The van der Waals surface area contributed by atoms with Crippen LogP contribution in [0.4, 0.5) is 5.69 Å². The zero-order chi connectivity index (χ0) is 13.1. The SMILES string of the molecule is CCCCCCCOCC(=O)Nc1ccccc1. The standard InChI is InChI=1S/C15H23NO2/c1-2-3-4-5-9-12-18-13-15(17)16-14-10-7-6-8-11-14/h6-8,10-11H,2-5,9,12-13H2,1H3,(H,16,17). The van der Waals surface area contributed by atoms with Gasteiger partial charge in [-0.15, -0.1) is 0 Å². The van der Waals surface area contributed by atoms with Gasteiger partial charge in [-0.05, 0) is 18.6 Å². The molecule has 0 aromatic heterocycles. The molecule has 100 valence electrons. The summed E-state index contributed by atoms with van der Waals surface area (Å²) in [5.74, 6) is -0.0882. The predicted octanol–water partition coefficient (Wildman–Crippen LogP) is 3.61. The molecular weight excluding hydrogens is 226 g/mol. The molecule has 1 aromatic rings. The molecule has 0 atom stereocenters. The number of hydrogen-bond acceptors (Lipinski definition) is 2. The summed E-state index contributed by atoms with van der Waals surface area (Å²) < 4.78 is 5.34. The number of anilines is 1. The number of unbranched alkanes of at least 4 members (excludes halogenated alkanes) is 4. The van der Waals surface area contributed by atoms with E-state index < -0.39 is 0 Å². The topological polar surface area (TPSA) is 38.3 Å². The van der Waals surface area contributed by atoms with Gasteiger partial charge in [0.05, 0.1) is 0 Å². The zero-order valence-corrected chi connectivity index (χ0v) is 11.2. The highest BCUT2D eigenvalue weighted by atomic mass is 16.5. The molecule has 0 aliphatic heterocycles. The largest absolute Gasteiger partial charge is 0.372 e. The third-order valence-electron chi connectivity index (χ3n) is 2.68. The molecule has 0 heterocycles. The van der Waals surface area contributed by atoms with E-state index >= 15 is 0 Å².